The van der Waals surface area contributed by atoms with Gasteiger partial charge >= 0.3 is 0 Å². The third-order valence-corrected chi connectivity index (χ3v) is 4.24. The normalized spacial score (nSPS) is 10.2. The zero-order chi connectivity index (χ0) is 13.7. The third kappa shape index (κ3) is 3.85. The average molecular weight is 337 g/mol. The van der Waals surface area contributed by atoms with E-state index in [4.69, 9.17) is 4.74 Å². The summed E-state index contributed by atoms with van der Waals surface area (Å²) < 4.78 is 6.38. The summed E-state index contributed by atoms with van der Waals surface area (Å²) in [6, 6.07) is 13.6. The van der Waals surface area contributed by atoms with Crippen molar-refractivity contribution in [3.8, 4) is 5.75 Å². The van der Waals surface area contributed by atoms with Crippen LogP contribution >= 0.6 is 27.7 Å². The van der Waals surface area contributed by atoms with Gasteiger partial charge in [-0.05, 0) is 42.5 Å². The quantitative estimate of drug-likeness (QED) is 0.591. The van der Waals surface area contributed by atoms with E-state index in [0.29, 0.717) is 5.56 Å². The van der Waals surface area contributed by atoms with Crippen molar-refractivity contribution in [1.29, 1.82) is 0 Å². The Morgan fingerprint density at radius 1 is 1.21 bits per heavy atom. The third-order valence-electron chi connectivity index (χ3n) is 2.65. The van der Waals surface area contributed by atoms with Crippen LogP contribution in [0, 0.1) is 0 Å². The van der Waals surface area contributed by atoms with Crippen molar-refractivity contribution in [2.24, 2.45) is 0 Å². The molecule has 0 N–H and O–H groups in total. The Labute approximate surface area is 125 Å². The Kier molecular flexibility index (Phi) is 5.05. The lowest BCUT2D eigenvalue weighted by atomic mass is 10.1. The highest BCUT2D eigenvalue weighted by atomic mass is 79.9. The number of hydrogen-bond acceptors (Lipinski definition) is 3. The molecule has 0 heterocycles. The summed E-state index contributed by atoms with van der Waals surface area (Å²) in [7, 11) is 1.64. The molecule has 98 valence electrons. The summed E-state index contributed by atoms with van der Waals surface area (Å²) in [5.74, 6) is 1.59. The van der Waals surface area contributed by atoms with Crippen LogP contribution in [-0.2, 0) is 5.75 Å². The van der Waals surface area contributed by atoms with Crippen LogP contribution in [0.3, 0.4) is 0 Å². The molecular formula is C15H13BrO2S. The van der Waals surface area contributed by atoms with Gasteiger partial charge in [-0.15, -0.1) is 11.8 Å². The maximum atomic E-state index is 10.8. The number of carbonyl (C=O) groups excluding carboxylic acids is 1. The first kappa shape index (κ1) is 14.2. The van der Waals surface area contributed by atoms with Gasteiger partial charge in [-0.2, -0.15) is 0 Å². The monoisotopic (exact) mass is 336 g/mol. The molecule has 0 radical (unpaired) electrons. The van der Waals surface area contributed by atoms with E-state index in [1.54, 1.807) is 24.9 Å². The first-order valence-electron chi connectivity index (χ1n) is 5.73. The Balaban J connectivity index is 2.13. The average Bonchev–Trinajstić information content (AvgIpc) is 2.46. The van der Waals surface area contributed by atoms with Crippen LogP contribution in [0.2, 0.25) is 0 Å². The maximum absolute atomic E-state index is 10.8. The van der Waals surface area contributed by atoms with Gasteiger partial charge in [-0.1, -0.05) is 15.9 Å². The molecule has 0 bridgehead atoms. The number of hydrogen-bond donors (Lipinski definition) is 0. The van der Waals surface area contributed by atoms with E-state index in [-0.39, 0.29) is 0 Å². The SMILES string of the molecule is COc1ccc(C=O)cc1CSc1ccc(Br)cc1. The second-order valence-corrected chi connectivity index (χ2v) is 5.90. The van der Waals surface area contributed by atoms with Crippen LogP contribution in [-0.4, -0.2) is 13.4 Å². The standard InChI is InChI=1S/C15H13BrO2S/c1-18-15-7-2-11(9-17)8-12(15)10-19-14-5-3-13(16)4-6-14/h2-9H,10H2,1H3. The van der Waals surface area contributed by atoms with Gasteiger partial charge in [0.15, 0.2) is 0 Å². The van der Waals surface area contributed by atoms with Gasteiger partial charge in [0.1, 0.15) is 12.0 Å². The van der Waals surface area contributed by atoms with Crippen LogP contribution in [0.5, 0.6) is 5.75 Å². The highest BCUT2D eigenvalue weighted by molar-refractivity contribution is 9.10. The molecular weight excluding hydrogens is 324 g/mol. The van der Waals surface area contributed by atoms with Crippen LogP contribution in [0.4, 0.5) is 0 Å². The van der Waals surface area contributed by atoms with Crippen molar-refractivity contribution >= 4 is 34.0 Å². The maximum Gasteiger partial charge on any atom is 0.150 e. The smallest absolute Gasteiger partial charge is 0.150 e. The summed E-state index contributed by atoms with van der Waals surface area (Å²) in [4.78, 5) is 12.0. The summed E-state index contributed by atoms with van der Waals surface area (Å²) in [6.45, 7) is 0. The van der Waals surface area contributed by atoms with E-state index in [2.05, 4.69) is 28.1 Å². The van der Waals surface area contributed by atoms with Crippen molar-refractivity contribution in [1.82, 2.24) is 0 Å². The van der Waals surface area contributed by atoms with Gasteiger partial charge in [0.05, 0.1) is 7.11 Å². The fourth-order valence-electron chi connectivity index (χ4n) is 1.68. The summed E-state index contributed by atoms with van der Waals surface area (Å²) in [5, 5.41) is 0. The van der Waals surface area contributed by atoms with E-state index in [1.807, 2.05) is 24.3 Å². The van der Waals surface area contributed by atoms with E-state index >= 15 is 0 Å². The number of ether oxygens (including phenoxy) is 1. The molecule has 0 saturated carbocycles. The fraction of sp³-hybridized carbons (Fsp3) is 0.133. The molecule has 0 atom stereocenters. The number of halogens is 1. The van der Waals surface area contributed by atoms with Gasteiger partial charge in [-0.3, -0.25) is 4.79 Å². The minimum Gasteiger partial charge on any atom is -0.496 e. The van der Waals surface area contributed by atoms with E-state index < -0.39 is 0 Å². The molecule has 19 heavy (non-hydrogen) atoms. The molecule has 0 aliphatic carbocycles. The van der Waals surface area contributed by atoms with E-state index in [0.717, 1.165) is 27.8 Å². The number of thioether (sulfide) groups is 1. The Bertz CT molecular complexity index is 567. The van der Waals surface area contributed by atoms with Crippen molar-refractivity contribution in [3.05, 3.63) is 58.1 Å². The predicted molar refractivity (Wildman–Crippen MR) is 82.1 cm³/mol. The lowest BCUT2D eigenvalue weighted by molar-refractivity contribution is 0.112. The summed E-state index contributed by atoms with van der Waals surface area (Å²) in [5.41, 5.74) is 1.70. The second kappa shape index (κ2) is 6.78. The molecule has 2 aromatic rings. The number of aldehydes is 1. The number of rotatable bonds is 5. The molecule has 0 aromatic heterocycles. The first-order valence-corrected chi connectivity index (χ1v) is 7.51. The van der Waals surface area contributed by atoms with E-state index in [1.165, 1.54) is 4.90 Å². The Hall–Kier alpha value is -1.26. The van der Waals surface area contributed by atoms with Gasteiger partial charge in [-0.25, -0.2) is 0 Å². The van der Waals surface area contributed by atoms with Crippen LogP contribution in [0.25, 0.3) is 0 Å². The molecule has 0 aliphatic rings. The molecule has 0 spiro atoms. The van der Waals surface area contributed by atoms with Crippen LogP contribution in [0.1, 0.15) is 15.9 Å². The van der Waals surface area contributed by atoms with Crippen molar-refractivity contribution < 1.29 is 9.53 Å². The molecule has 2 rings (SSSR count). The summed E-state index contributed by atoms with van der Waals surface area (Å²) in [6.07, 6.45) is 0.854. The van der Waals surface area contributed by atoms with E-state index in [9.17, 15) is 4.79 Å². The van der Waals surface area contributed by atoms with Gasteiger partial charge in [0, 0.05) is 26.2 Å². The minimum absolute atomic E-state index is 0.673. The Morgan fingerprint density at radius 3 is 2.58 bits per heavy atom. The summed E-state index contributed by atoms with van der Waals surface area (Å²) >= 11 is 5.13. The van der Waals surface area contributed by atoms with Crippen LogP contribution in [0.15, 0.2) is 51.8 Å². The molecule has 0 amide bonds. The Morgan fingerprint density at radius 2 is 1.95 bits per heavy atom. The van der Waals surface area contributed by atoms with Gasteiger partial charge in [0.25, 0.3) is 0 Å². The van der Waals surface area contributed by atoms with Gasteiger partial charge in [0.2, 0.25) is 0 Å². The molecule has 0 aliphatic heterocycles. The number of methoxy groups -OCH3 is 1. The second-order valence-electron chi connectivity index (χ2n) is 3.93. The molecule has 4 heteroatoms. The molecule has 0 unspecified atom stereocenters. The zero-order valence-corrected chi connectivity index (χ0v) is 12.8. The molecule has 2 aromatic carbocycles. The van der Waals surface area contributed by atoms with Gasteiger partial charge < -0.3 is 4.74 Å². The van der Waals surface area contributed by atoms with Crippen molar-refractivity contribution in [2.75, 3.05) is 7.11 Å². The molecule has 0 fully saturated rings. The lowest BCUT2D eigenvalue weighted by Crippen LogP contribution is -1.92. The highest BCUT2D eigenvalue weighted by Gasteiger charge is 2.05. The van der Waals surface area contributed by atoms with Crippen molar-refractivity contribution in [2.45, 2.75) is 10.6 Å². The largest absolute Gasteiger partial charge is 0.496 e. The minimum atomic E-state index is 0.673. The molecule has 0 saturated heterocycles. The topological polar surface area (TPSA) is 26.3 Å². The van der Waals surface area contributed by atoms with Crippen LogP contribution < -0.4 is 4.74 Å². The zero-order valence-electron chi connectivity index (χ0n) is 10.4. The highest BCUT2D eigenvalue weighted by Crippen LogP contribution is 2.29. The molecule has 2 nitrogen and oxygen atoms in total. The van der Waals surface area contributed by atoms with Crippen molar-refractivity contribution in [3.63, 3.8) is 0 Å². The number of carbonyl (C=O) groups is 1. The first-order chi connectivity index (χ1) is 9.22. The predicted octanol–water partition coefficient (Wildman–Crippen LogP) is 4.56. The number of benzene rings is 2. The lowest BCUT2D eigenvalue weighted by Gasteiger charge is -2.09. The fourth-order valence-corrected chi connectivity index (χ4v) is 2.82.